The van der Waals surface area contributed by atoms with Crippen molar-refractivity contribution in [1.82, 2.24) is 4.90 Å². The third-order valence-electron chi connectivity index (χ3n) is 2.03. The Kier molecular flexibility index (Phi) is 7.39. The Hall–Kier alpha value is -0.160. The first kappa shape index (κ1) is 11.8. The molecule has 0 saturated carbocycles. The Morgan fingerprint density at radius 2 is 1.75 bits per heavy atom. The first-order valence-corrected chi connectivity index (χ1v) is 4.45. The van der Waals surface area contributed by atoms with Crippen LogP contribution in [0.15, 0.2) is 0 Å². The molecule has 0 saturated heterocycles. The maximum absolute atomic E-state index is 8.74. The number of hydrogen-bond donors (Lipinski definition) is 3. The number of aliphatic hydroxyl groups excluding tert-OH is 2. The Balaban J connectivity index is 3.86. The van der Waals surface area contributed by atoms with E-state index in [9.17, 15) is 0 Å². The van der Waals surface area contributed by atoms with E-state index in [0.717, 1.165) is 6.42 Å². The molecule has 0 heterocycles. The maximum Gasteiger partial charge on any atom is 0.0558 e. The van der Waals surface area contributed by atoms with Crippen molar-refractivity contribution >= 4 is 0 Å². The van der Waals surface area contributed by atoms with Crippen molar-refractivity contribution in [1.29, 1.82) is 0 Å². The van der Waals surface area contributed by atoms with E-state index in [1.807, 2.05) is 4.90 Å². The maximum atomic E-state index is 8.74. The van der Waals surface area contributed by atoms with Gasteiger partial charge < -0.3 is 15.9 Å². The first-order valence-electron chi connectivity index (χ1n) is 4.45. The standard InChI is InChI=1S/C8H20N2O2/c1-2-8(7-9)10(3-5-11)4-6-12/h8,11-12H,2-7,9H2,1H3. The molecule has 4 heteroatoms. The van der Waals surface area contributed by atoms with Crippen LogP contribution in [0.2, 0.25) is 0 Å². The van der Waals surface area contributed by atoms with E-state index < -0.39 is 0 Å². The number of nitrogens with zero attached hydrogens (tertiary/aromatic N) is 1. The van der Waals surface area contributed by atoms with E-state index in [1.165, 1.54) is 0 Å². The Labute approximate surface area is 74.0 Å². The number of rotatable bonds is 7. The highest BCUT2D eigenvalue weighted by Crippen LogP contribution is 2.01. The van der Waals surface area contributed by atoms with Gasteiger partial charge in [0.1, 0.15) is 0 Å². The molecule has 0 aliphatic rings. The van der Waals surface area contributed by atoms with Gasteiger partial charge in [0.25, 0.3) is 0 Å². The molecule has 0 aromatic rings. The predicted molar refractivity (Wildman–Crippen MR) is 48.9 cm³/mol. The molecule has 0 aliphatic heterocycles. The van der Waals surface area contributed by atoms with Gasteiger partial charge in [-0.25, -0.2) is 0 Å². The second-order valence-electron chi connectivity index (χ2n) is 2.78. The highest BCUT2D eigenvalue weighted by Gasteiger charge is 2.13. The fraction of sp³-hybridized carbons (Fsp3) is 1.00. The van der Waals surface area contributed by atoms with Gasteiger partial charge in [0.05, 0.1) is 13.2 Å². The Morgan fingerprint density at radius 3 is 2.00 bits per heavy atom. The monoisotopic (exact) mass is 176 g/mol. The zero-order chi connectivity index (χ0) is 9.40. The fourth-order valence-electron chi connectivity index (χ4n) is 1.31. The molecule has 1 unspecified atom stereocenters. The van der Waals surface area contributed by atoms with Crippen molar-refractivity contribution in [2.24, 2.45) is 5.73 Å². The second kappa shape index (κ2) is 7.49. The number of hydrogen-bond acceptors (Lipinski definition) is 4. The summed E-state index contributed by atoms with van der Waals surface area (Å²) in [5, 5.41) is 17.5. The van der Waals surface area contributed by atoms with E-state index in [1.54, 1.807) is 0 Å². The van der Waals surface area contributed by atoms with E-state index >= 15 is 0 Å². The molecule has 74 valence electrons. The van der Waals surface area contributed by atoms with Gasteiger partial charge in [-0.2, -0.15) is 0 Å². The third kappa shape index (κ3) is 4.01. The van der Waals surface area contributed by atoms with Crippen molar-refractivity contribution in [2.45, 2.75) is 19.4 Å². The van der Waals surface area contributed by atoms with Gasteiger partial charge >= 0.3 is 0 Å². The van der Waals surface area contributed by atoms with Gasteiger partial charge in [-0.15, -0.1) is 0 Å². The Morgan fingerprint density at radius 1 is 1.25 bits per heavy atom. The number of aliphatic hydroxyl groups is 2. The molecular weight excluding hydrogens is 156 g/mol. The van der Waals surface area contributed by atoms with Crippen LogP contribution in [0, 0.1) is 0 Å². The minimum absolute atomic E-state index is 0.122. The lowest BCUT2D eigenvalue weighted by Gasteiger charge is -2.28. The topological polar surface area (TPSA) is 69.7 Å². The molecule has 0 aromatic heterocycles. The normalized spacial score (nSPS) is 13.8. The van der Waals surface area contributed by atoms with Gasteiger partial charge in [-0.3, -0.25) is 4.90 Å². The molecule has 1 atom stereocenters. The average Bonchev–Trinajstić information content (AvgIpc) is 2.07. The first-order chi connectivity index (χ1) is 5.79. The molecule has 4 nitrogen and oxygen atoms in total. The van der Waals surface area contributed by atoms with E-state index in [2.05, 4.69) is 6.92 Å². The number of nitrogens with two attached hydrogens (primary N) is 1. The summed E-state index contributed by atoms with van der Waals surface area (Å²) in [6.07, 6.45) is 0.955. The van der Waals surface area contributed by atoms with Crippen LogP contribution < -0.4 is 5.73 Å². The highest BCUT2D eigenvalue weighted by atomic mass is 16.3. The summed E-state index contributed by atoms with van der Waals surface area (Å²) in [6, 6.07) is 0.282. The summed E-state index contributed by atoms with van der Waals surface area (Å²) in [6.45, 7) is 4.06. The molecular formula is C8H20N2O2. The van der Waals surface area contributed by atoms with Crippen LogP contribution in [0.4, 0.5) is 0 Å². The molecule has 0 fully saturated rings. The van der Waals surface area contributed by atoms with Crippen LogP contribution >= 0.6 is 0 Å². The van der Waals surface area contributed by atoms with Crippen LogP contribution in [-0.2, 0) is 0 Å². The van der Waals surface area contributed by atoms with Crippen molar-refractivity contribution in [2.75, 3.05) is 32.8 Å². The second-order valence-corrected chi connectivity index (χ2v) is 2.78. The molecule has 0 rings (SSSR count). The summed E-state index contributed by atoms with van der Waals surface area (Å²) >= 11 is 0. The molecule has 12 heavy (non-hydrogen) atoms. The van der Waals surface area contributed by atoms with Crippen LogP contribution in [0.1, 0.15) is 13.3 Å². The smallest absolute Gasteiger partial charge is 0.0558 e. The van der Waals surface area contributed by atoms with Gasteiger partial charge in [0.2, 0.25) is 0 Å². The van der Waals surface area contributed by atoms with Gasteiger partial charge in [-0.05, 0) is 6.42 Å². The molecule has 0 radical (unpaired) electrons. The predicted octanol–water partition coefficient (Wildman–Crippen LogP) is -0.990. The lowest BCUT2D eigenvalue weighted by molar-refractivity contribution is 0.122. The molecule has 4 N–H and O–H groups in total. The molecule has 0 spiro atoms. The van der Waals surface area contributed by atoms with Gasteiger partial charge in [0.15, 0.2) is 0 Å². The van der Waals surface area contributed by atoms with Crippen molar-refractivity contribution in [3.05, 3.63) is 0 Å². The summed E-state index contributed by atoms with van der Waals surface area (Å²) in [4.78, 5) is 2.01. The van der Waals surface area contributed by atoms with Gasteiger partial charge in [0, 0.05) is 25.7 Å². The quantitative estimate of drug-likeness (QED) is 0.466. The van der Waals surface area contributed by atoms with Gasteiger partial charge in [-0.1, -0.05) is 6.92 Å². The summed E-state index contributed by atoms with van der Waals surface area (Å²) < 4.78 is 0. The summed E-state index contributed by atoms with van der Waals surface area (Å²) in [5.74, 6) is 0. The van der Waals surface area contributed by atoms with Crippen LogP contribution in [0.3, 0.4) is 0 Å². The minimum Gasteiger partial charge on any atom is -0.395 e. The zero-order valence-corrected chi connectivity index (χ0v) is 7.74. The molecule has 0 aliphatic carbocycles. The van der Waals surface area contributed by atoms with Crippen molar-refractivity contribution in [3.63, 3.8) is 0 Å². The highest BCUT2D eigenvalue weighted by molar-refractivity contribution is 4.70. The minimum atomic E-state index is 0.122. The third-order valence-corrected chi connectivity index (χ3v) is 2.03. The van der Waals surface area contributed by atoms with E-state index in [-0.39, 0.29) is 19.3 Å². The van der Waals surface area contributed by atoms with Crippen LogP contribution in [0.5, 0.6) is 0 Å². The summed E-state index contributed by atoms with van der Waals surface area (Å²) in [5.41, 5.74) is 5.54. The van der Waals surface area contributed by atoms with Crippen LogP contribution in [-0.4, -0.2) is 54.0 Å². The van der Waals surface area contributed by atoms with E-state index in [4.69, 9.17) is 15.9 Å². The Bertz CT molecular complexity index is 91.1. The van der Waals surface area contributed by atoms with Crippen LogP contribution in [0.25, 0.3) is 0 Å². The fourth-order valence-corrected chi connectivity index (χ4v) is 1.31. The zero-order valence-electron chi connectivity index (χ0n) is 7.74. The van der Waals surface area contributed by atoms with Crippen molar-refractivity contribution < 1.29 is 10.2 Å². The average molecular weight is 176 g/mol. The lowest BCUT2D eigenvalue weighted by Crippen LogP contribution is -2.43. The van der Waals surface area contributed by atoms with E-state index in [0.29, 0.717) is 19.6 Å². The SMILES string of the molecule is CCC(CN)N(CCO)CCO. The lowest BCUT2D eigenvalue weighted by atomic mass is 10.2. The largest absolute Gasteiger partial charge is 0.395 e. The molecule has 0 bridgehead atoms. The van der Waals surface area contributed by atoms with Crippen molar-refractivity contribution in [3.8, 4) is 0 Å². The molecule has 0 aromatic carbocycles. The summed E-state index contributed by atoms with van der Waals surface area (Å²) in [7, 11) is 0. The molecule has 0 amide bonds.